The van der Waals surface area contributed by atoms with E-state index in [1.807, 2.05) is 24.3 Å². The molecule has 0 bridgehead atoms. The summed E-state index contributed by atoms with van der Waals surface area (Å²) in [5.41, 5.74) is 2.05. The Hall–Kier alpha value is -2.42. The number of sulfonamides is 1. The van der Waals surface area contributed by atoms with Crippen LogP contribution < -0.4 is 10.2 Å². The first kappa shape index (κ1) is 20.3. The van der Waals surface area contributed by atoms with Gasteiger partial charge in [-0.1, -0.05) is 17.5 Å². The minimum atomic E-state index is -3.81. The number of hydrogen-bond acceptors (Lipinski definition) is 5. The smallest absolute Gasteiger partial charge is 0.264 e. The molecule has 1 fully saturated rings. The maximum absolute atomic E-state index is 12.6. The average Bonchev–Trinajstić information content (AvgIpc) is 3.14. The normalized spacial score (nSPS) is 17.1. The van der Waals surface area contributed by atoms with Crippen molar-refractivity contribution in [3.05, 3.63) is 54.1 Å². The molecule has 1 aliphatic rings. The highest BCUT2D eigenvalue weighted by molar-refractivity contribution is 7.89. The second-order valence-corrected chi connectivity index (χ2v) is 8.90. The number of hydrogen-bond donors (Lipinski definition) is 1. The van der Waals surface area contributed by atoms with Gasteiger partial charge >= 0.3 is 0 Å². The third kappa shape index (κ3) is 4.35. The van der Waals surface area contributed by atoms with Crippen LogP contribution in [0.2, 0.25) is 0 Å². The van der Waals surface area contributed by atoms with Gasteiger partial charge in [0.15, 0.2) is 0 Å². The Bertz CT molecular complexity index is 944. The minimum absolute atomic E-state index is 0.0111. The molecule has 1 amide bonds. The van der Waals surface area contributed by atoms with Gasteiger partial charge in [-0.25, -0.2) is 8.42 Å². The molecule has 3 rings (SSSR count). The fourth-order valence-electron chi connectivity index (χ4n) is 3.17. The summed E-state index contributed by atoms with van der Waals surface area (Å²) >= 11 is 0. The zero-order valence-electron chi connectivity index (χ0n) is 16.3. The van der Waals surface area contributed by atoms with E-state index < -0.39 is 10.0 Å². The number of hydroxylamine groups is 1. The summed E-state index contributed by atoms with van der Waals surface area (Å²) in [5.74, 6) is 0.319. The number of nitrogens with zero attached hydrogens (tertiary/aromatic N) is 2. The van der Waals surface area contributed by atoms with Gasteiger partial charge < -0.3 is 10.2 Å². The molecular formula is C20H25N3O4S. The summed E-state index contributed by atoms with van der Waals surface area (Å²) in [6.45, 7) is 4.33. The molecule has 1 atom stereocenters. The minimum Gasteiger partial charge on any atom is -0.371 e. The highest BCUT2D eigenvalue weighted by Crippen LogP contribution is 2.25. The molecule has 28 heavy (non-hydrogen) atoms. The summed E-state index contributed by atoms with van der Waals surface area (Å²) in [4.78, 5) is 19.6. The fourth-order valence-corrected chi connectivity index (χ4v) is 4.19. The SMILES string of the molecule is CON(C)S(=O)(=O)c1cccc(C(=O)Nc2ccc(N3CCC(C)C3)cc2)c1. The molecule has 150 valence electrons. The molecule has 8 heteroatoms. The predicted molar refractivity (Wildman–Crippen MR) is 109 cm³/mol. The monoisotopic (exact) mass is 403 g/mol. The largest absolute Gasteiger partial charge is 0.371 e. The van der Waals surface area contributed by atoms with Crippen LogP contribution in [0.3, 0.4) is 0 Å². The van der Waals surface area contributed by atoms with Gasteiger partial charge in [-0.2, -0.15) is 0 Å². The van der Waals surface area contributed by atoms with E-state index in [-0.39, 0.29) is 16.4 Å². The molecule has 2 aromatic carbocycles. The van der Waals surface area contributed by atoms with E-state index in [1.165, 1.54) is 38.8 Å². The van der Waals surface area contributed by atoms with Crippen molar-refractivity contribution in [2.75, 3.05) is 37.5 Å². The van der Waals surface area contributed by atoms with E-state index in [0.717, 1.165) is 23.2 Å². The lowest BCUT2D eigenvalue weighted by Crippen LogP contribution is -2.26. The molecule has 1 saturated heterocycles. The van der Waals surface area contributed by atoms with E-state index in [0.29, 0.717) is 11.6 Å². The van der Waals surface area contributed by atoms with Gasteiger partial charge in [0.05, 0.1) is 12.0 Å². The van der Waals surface area contributed by atoms with Crippen molar-refractivity contribution in [1.82, 2.24) is 4.47 Å². The molecule has 1 N–H and O–H groups in total. The topological polar surface area (TPSA) is 78.9 Å². The van der Waals surface area contributed by atoms with Gasteiger partial charge in [-0.05, 0) is 54.8 Å². The average molecular weight is 404 g/mol. The lowest BCUT2D eigenvalue weighted by molar-refractivity contribution is -0.0258. The van der Waals surface area contributed by atoms with Crippen LogP contribution in [0.25, 0.3) is 0 Å². The lowest BCUT2D eigenvalue weighted by atomic mass is 10.2. The second-order valence-electron chi connectivity index (χ2n) is 6.97. The van der Waals surface area contributed by atoms with E-state index in [2.05, 4.69) is 17.1 Å². The Kier molecular flexibility index (Phi) is 6.02. The Balaban J connectivity index is 1.72. The molecule has 0 spiro atoms. The van der Waals surface area contributed by atoms with Gasteiger partial charge in [-0.15, -0.1) is 0 Å². The van der Waals surface area contributed by atoms with Gasteiger partial charge in [-0.3, -0.25) is 9.63 Å². The van der Waals surface area contributed by atoms with Crippen LogP contribution in [0.4, 0.5) is 11.4 Å². The van der Waals surface area contributed by atoms with E-state index in [1.54, 1.807) is 6.07 Å². The molecule has 1 unspecified atom stereocenters. The van der Waals surface area contributed by atoms with Crippen molar-refractivity contribution in [3.8, 4) is 0 Å². The van der Waals surface area contributed by atoms with Gasteiger partial charge in [0, 0.05) is 37.1 Å². The van der Waals surface area contributed by atoms with Gasteiger partial charge in [0.1, 0.15) is 0 Å². The van der Waals surface area contributed by atoms with Crippen molar-refractivity contribution in [2.24, 2.45) is 5.92 Å². The number of carbonyl (C=O) groups is 1. The van der Waals surface area contributed by atoms with E-state index in [4.69, 9.17) is 4.84 Å². The first-order chi connectivity index (χ1) is 13.3. The van der Waals surface area contributed by atoms with Gasteiger partial charge in [0.2, 0.25) is 0 Å². The highest BCUT2D eigenvalue weighted by Gasteiger charge is 2.22. The van der Waals surface area contributed by atoms with Crippen molar-refractivity contribution >= 4 is 27.3 Å². The zero-order chi connectivity index (χ0) is 20.3. The summed E-state index contributed by atoms with van der Waals surface area (Å²) in [6, 6.07) is 13.5. The maximum atomic E-state index is 12.6. The Labute approximate surface area is 165 Å². The van der Waals surface area contributed by atoms with Crippen LogP contribution in [0.5, 0.6) is 0 Å². The first-order valence-electron chi connectivity index (χ1n) is 9.10. The first-order valence-corrected chi connectivity index (χ1v) is 10.5. The van der Waals surface area contributed by atoms with Crippen molar-refractivity contribution in [3.63, 3.8) is 0 Å². The van der Waals surface area contributed by atoms with E-state index in [9.17, 15) is 13.2 Å². The van der Waals surface area contributed by atoms with Crippen LogP contribution in [0.1, 0.15) is 23.7 Å². The fraction of sp³-hybridized carbons (Fsp3) is 0.350. The van der Waals surface area contributed by atoms with Crippen LogP contribution in [0.15, 0.2) is 53.4 Å². The van der Waals surface area contributed by atoms with Crippen LogP contribution in [-0.4, -0.2) is 46.0 Å². The quantitative estimate of drug-likeness (QED) is 0.750. The Morgan fingerprint density at radius 1 is 1.21 bits per heavy atom. The molecule has 1 aliphatic heterocycles. The Morgan fingerprint density at radius 2 is 1.93 bits per heavy atom. The standard InChI is InChI=1S/C20H25N3O4S/c1-15-11-12-23(14-15)18-9-7-17(8-10-18)21-20(24)16-5-4-6-19(13-16)28(25,26)22(2)27-3/h4-10,13,15H,11-12,14H2,1-3H3,(H,21,24). The summed E-state index contributed by atoms with van der Waals surface area (Å²) < 4.78 is 25.4. The molecule has 1 heterocycles. The number of nitrogens with one attached hydrogen (secondary N) is 1. The summed E-state index contributed by atoms with van der Waals surface area (Å²) in [5, 5.41) is 2.81. The molecule has 0 aliphatic carbocycles. The maximum Gasteiger partial charge on any atom is 0.264 e. The number of benzene rings is 2. The van der Waals surface area contributed by atoms with Crippen LogP contribution >= 0.6 is 0 Å². The number of carbonyl (C=O) groups excluding carboxylic acids is 1. The number of amides is 1. The van der Waals surface area contributed by atoms with Gasteiger partial charge in [0.25, 0.3) is 15.9 Å². The van der Waals surface area contributed by atoms with Crippen LogP contribution in [-0.2, 0) is 14.9 Å². The molecule has 2 aromatic rings. The third-order valence-corrected chi connectivity index (χ3v) is 6.58. The zero-order valence-corrected chi connectivity index (χ0v) is 17.1. The predicted octanol–water partition coefficient (Wildman–Crippen LogP) is 2.97. The number of anilines is 2. The third-order valence-electron chi connectivity index (χ3n) is 4.90. The lowest BCUT2D eigenvalue weighted by Gasteiger charge is -2.18. The second kappa shape index (κ2) is 8.30. The van der Waals surface area contributed by atoms with Crippen LogP contribution in [0, 0.1) is 5.92 Å². The molecule has 0 aromatic heterocycles. The molecule has 7 nitrogen and oxygen atoms in total. The summed E-state index contributed by atoms with van der Waals surface area (Å²) in [6.07, 6.45) is 1.19. The van der Waals surface area contributed by atoms with Crippen molar-refractivity contribution in [2.45, 2.75) is 18.2 Å². The van der Waals surface area contributed by atoms with E-state index >= 15 is 0 Å². The van der Waals surface area contributed by atoms with Crippen molar-refractivity contribution in [1.29, 1.82) is 0 Å². The molecular weight excluding hydrogens is 378 g/mol. The molecule has 0 radical (unpaired) electrons. The van der Waals surface area contributed by atoms with Crippen molar-refractivity contribution < 1.29 is 18.0 Å². The molecule has 0 saturated carbocycles. The Morgan fingerprint density at radius 3 is 2.54 bits per heavy atom. The summed E-state index contributed by atoms with van der Waals surface area (Å²) in [7, 11) is -1.25. The number of rotatable bonds is 6. The highest BCUT2D eigenvalue weighted by atomic mass is 32.2.